The molecule has 4 heteroatoms. The lowest BCUT2D eigenvalue weighted by molar-refractivity contribution is 0.618. The predicted molar refractivity (Wildman–Crippen MR) is 117 cm³/mol. The van der Waals surface area contributed by atoms with Crippen LogP contribution in [-0.4, -0.2) is 4.98 Å². The minimum absolute atomic E-state index is 0.700. The molecule has 0 saturated carbocycles. The lowest BCUT2D eigenvalue weighted by Gasteiger charge is -2.06. The fourth-order valence-corrected chi connectivity index (χ4v) is 3.36. The van der Waals surface area contributed by atoms with Crippen molar-refractivity contribution in [2.24, 2.45) is 5.10 Å². The van der Waals surface area contributed by atoms with Gasteiger partial charge in [-0.1, -0.05) is 54.6 Å². The summed E-state index contributed by atoms with van der Waals surface area (Å²) in [7, 11) is 0. The molecule has 0 amide bonds. The lowest BCUT2D eigenvalue weighted by atomic mass is 10.1. The van der Waals surface area contributed by atoms with Crippen LogP contribution < -0.4 is 10.8 Å². The average Bonchev–Trinajstić information content (AvgIpc) is 2.77. The molecule has 0 bridgehead atoms. The van der Waals surface area contributed by atoms with E-state index in [1.165, 1.54) is 0 Å². The number of anilines is 1. The quantitative estimate of drug-likeness (QED) is 0.399. The maximum atomic E-state index is 6.18. The van der Waals surface area contributed by atoms with Crippen molar-refractivity contribution in [1.82, 2.24) is 4.98 Å². The van der Waals surface area contributed by atoms with E-state index >= 15 is 0 Å². The van der Waals surface area contributed by atoms with Gasteiger partial charge in [0.2, 0.25) is 0 Å². The van der Waals surface area contributed by atoms with Crippen LogP contribution in [0.15, 0.2) is 101 Å². The van der Waals surface area contributed by atoms with E-state index < -0.39 is 0 Å². The van der Waals surface area contributed by atoms with Gasteiger partial charge in [-0.05, 0) is 42.8 Å². The Balaban J connectivity index is 1.63. The van der Waals surface area contributed by atoms with E-state index in [4.69, 9.17) is 4.42 Å². The fraction of sp³-hybridized carbons (Fsp3) is 0.0400. The molecular formula is C25H19N3O. The number of hydrogen-bond donors (Lipinski definition) is 1. The van der Waals surface area contributed by atoms with Gasteiger partial charge in [0.15, 0.2) is 0 Å². The zero-order valence-corrected chi connectivity index (χ0v) is 16.0. The van der Waals surface area contributed by atoms with E-state index in [1.54, 1.807) is 0 Å². The third-order valence-electron chi connectivity index (χ3n) is 4.85. The van der Waals surface area contributed by atoms with E-state index in [9.17, 15) is 0 Å². The first-order valence-corrected chi connectivity index (χ1v) is 9.52. The van der Waals surface area contributed by atoms with Gasteiger partial charge >= 0.3 is 0 Å². The Morgan fingerprint density at radius 3 is 2.55 bits per heavy atom. The molecule has 0 aliphatic carbocycles. The number of fused-ring (bicyclic) bond motifs is 2. The molecule has 2 aromatic heterocycles. The molecular weight excluding hydrogens is 358 g/mol. The fourth-order valence-electron chi connectivity index (χ4n) is 3.36. The van der Waals surface area contributed by atoms with Gasteiger partial charge in [0.1, 0.15) is 17.2 Å². The van der Waals surface area contributed by atoms with Crippen LogP contribution in [-0.2, 0) is 0 Å². The summed E-state index contributed by atoms with van der Waals surface area (Å²) in [5.41, 5.74) is 7.00. The number of nitrogens with zero attached hydrogens (tertiary/aromatic N) is 2. The molecule has 0 atom stereocenters. The smallest absolute Gasteiger partial charge is 0.146 e. The number of benzene rings is 3. The summed E-state index contributed by atoms with van der Waals surface area (Å²) in [4.78, 5) is 4.64. The number of para-hydroxylation sites is 1. The number of rotatable bonds is 3. The number of aromatic nitrogens is 1. The SMILES string of the molecule is Cc1ccc2/c(=N/Nc3ccc4ccccc4n3)cc(-c3ccccc3)oc2c1. The Bertz CT molecular complexity index is 1390. The van der Waals surface area contributed by atoms with Crippen LogP contribution in [0.4, 0.5) is 5.82 Å². The molecule has 29 heavy (non-hydrogen) atoms. The van der Waals surface area contributed by atoms with Crippen molar-refractivity contribution >= 4 is 27.7 Å². The highest BCUT2D eigenvalue weighted by Gasteiger charge is 2.06. The summed E-state index contributed by atoms with van der Waals surface area (Å²) in [5, 5.41) is 7.51. The minimum atomic E-state index is 0.700. The van der Waals surface area contributed by atoms with Crippen LogP contribution in [0.3, 0.4) is 0 Å². The standard InChI is InChI=1S/C25H19N3O/c1-17-11-13-20-22(16-23(29-24(20)15-17)19-8-3-2-4-9-19)27-28-25-14-12-18-7-5-6-10-21(18)26-25/h2-16H,1H3,(H,26,28)/b27-22+. The Morgan fingerprint density at radius 1 is 0.828 bits per heavy atom. The van der Waals surface area contributed by atoms with Crippen molar-refractivity contribution in [3.8, 4) is 11.3 Å². The minimum Gasteiger partial charge on any atom is -0.456 e. The van der Waals surface area contributed by atoms with Crippen LogP contribution in [0.25, 0.3) is 33.2 Å². The van der Waals surface area contributed by atoms with Gasteiger partial charge in [-0.15, -0.1) is 0 Å². The van der Waals surface area contributed by atoms with Crippen LogP contribution >= 0.6 is 0 Å². The highest BCUT2D eigenvalue weighted by Crippen LogP contribution is 2.22. The second-order valence-electron chi connectivity index (χ2n) is 6.97. The third kappa shape index (κ3) is 3.48. The number of nitrogens with one attached hydrogen (secondary N) is 1. The van der Waals surface area contributed by atoms with Gasteiger partial charge in [-0.25, -0.2) is 4.98 Å². The number of pyridine rings is 1. The highest BCUT2D eigenvalue weighted by atomic mass is 16.3. The molecule has 4 nitrogen and oxygen atoms in total. The van der Waals surface area contributed by atoms with Crippen LogP contribution in [0, 0.1) is 6.92 Å². The van der Waals surface area contributed by atoms with Gasteiger partial charge in [0, 0.05) is 22.4 Å². The molecule has 0 fully saturated rings. The highest BCUT2D eigenvalue weighted by molar-refractivity contribution is 5.80. The van der Waals surface area contributed by atoms with Gasteiger partial charge in [-0.3, -0.25) is 5.43 Å². The second-order valence-corrected chi connectivity index (χ2v) is 6.97. The van der Waals surface area contributed by atoms with Crippen molar-refractivity contribution in [3.63, 3.8) is 0 Å². The average molecular weight is 377 g/mol. The van der Waals surface area contributed by atoms with Crippen LogP contribution in [0.2, 0.25) is 0 Å². The Morgan fingerprint density at radius 2 is 1.66 bits per heavy atom. The summed E-state index contributed by atoms with van der Waals surface area (Å²) in [6, 6.07) is 30.2. The van der Waals surface area contributed by atoms with Crippen molar-refractivity contribution in [2.45, 2.75) is 6.92 Å². The molecule has 1 N–H and O–H groups in total. The zero-order valence-electron chi connectivity index (χ0n) is 16.0. The monoisotopic (exact) mass is 377 g/mol. The van der Waals surface area contributed by atoms with Gasteiger partial charge in [0.25, 0.3) is 0 Å². The lowest BCUT2D eigenvalue weighted by Crippen LogP contribution is -2.08. The first-order chi connectivity index (χ1) is 14.3. The Hall–Kier alpha value is -3.92. The van der Waals surface area contributed by atoms with Crippen LogP contribution in [0.5, 0.6) is 0 Å². The molecule has 0 saturated heterocycles. The molecule has 5 aromatic rings. The molecule has 0 aliphatic rings. The van der Waals surface area contributed by atoms with E-state index in [2.05, 4.69) is 28.5 Å². The first-order valence-electron chi connectivity index (χ1n) is 9.52. The van der Waals surface area contributed by atoms with Crippen molar-refractivity contribution < 1.29 is 4.42 Å². The molecule has 0 spiro atoms. The van der Waals surface area contributed by atoms with Gasteiger partial charge < -0.3 is 4.42 Å². The summed E-state index contributed by atoms with van der Waals surface area (Å²) in [5.74, 6) is 1.47. The van der Waals surface area contributed by atoms with E-state index in [-0.39, 0.29) is 0 Å². The summed E-state index contributed by atoms with van der Waals surface area (Å²) in [6.07, 6.45) is 0. The molecule has 3 aromatic carbocycles. The van der Waals surface area contributed by atoms with Crippen molar-refractivity contribution in [1.29, 1.82) is 0 Å². The molecule has 0 aliphatic heterocycles. The Labute approximate surface area is 168 Å². The number of aryl methyl sites for hydroxylation is 1. The summed E-state index contributed by atoms with van der Waals surface area (Å²) >= 11 is 0. The van der Waals surface area contributed by atoms with E-state index in [1.807, 2.05) is 84.9 Å². The summed E-state index contributed by atoms with van der Waals surface area (Å²) < 4.78 is 6.18. The van der Waals surface area contributed by atoms with Crippen LogP contribution in [0.1, 0.15) is 5.56 Å². The van der Waals surface area contributed by atoms with Crippen molar-refractivity contribution in [3.05, 3.63) is 102 Å². The van der Waals surface area contributed by atoms with Crippen molar-refractivity contribution in [2.75, 3.05) is 5.43 Å². The maximum Gasteiger partial charge on any atom is 0.146 e. The second kappa shape index (κ2) is 7.24. The van der Waals surface area contributed by atoms with E-state index in [0.717, 1.165) is 44.1 Å². The summed E-state index contributed by atoms with van der Waals surface area (Å²) in [6.45, 7) is 2.05. The Kier molecular flexibility index (Phi) is 4.30. The normalized spacial score (nSPS) is 11.8. The molecule has 140 valence electrons. The first kappa shape index (κ1) is 17.2. The predicted octanol–water partition coefficient (Wildman–Crippen LogP) is 5.88. The zero-order chi connectivity index (χ0) is 19.6. The van der Waals surface area contributed by atoms with Gasteiger partial charge in [0.05, 0.1) is 10.9 Å². The molecule has 0 radical (unpaired) electrons. The number of hydrogen-bond acceptors (Lipinski definition) is 4. The third-order valence-corrected chi connectivity index (χ3v) is 4.85. The topological polar surface area (TPSA) is 50.4 Å². The van der Waals surface area contributed by atoms with Gasteiger partial charge in [-0.2, -0.15) is 5.10 Å². The van der Waals surface area contributed by atoms with E-state index in [0.29, 0.717) is 5.82 Å². The molecule has 0 unspecified atom stereocenters. The maximum absolute atomic E-state index is 6.18. The molecule has 2 heterocycles. The molecule has 5 rings (SSSR count). The largest absolute Gasteiger partial charge is 0.456 e.